The Morgan fingerprint density at radius 2 is 1.95 bits per heavy atom. The standard InChI is InChI=1S/C16H15NO3S/c1-19-16(21)13-8-5-9-17-14(13)10-15(18)20-11-12-6-3-2-4-7-12/h2-9H,10-11H2,1H3. The number of hydrogen-bond donors (Lipinski definition) is 0. The van der Waals surface area contributed by atoms with E-state index in [1.165, 1.54) is 7.11 Å². The summed E-state index contributed by atoms with van der Waals surface area (Å²) in [4.78, 5) is 16.1. The number of aromatic nitrogens is 1. The van der Waals surface area contributed by atoms with Gasteiger partial charge in [0.15, 0.2) is 5.05 Å². The van der Waals surface area contributed by atoms with Gasteiger partial charge in [-0.25, -0.2) is 0 Å². The highest BCUT2D eigenvalue weighted by molar-refractivity contribution is 7.80. The van der Waals surface area contributed by atoms with Gasteiger partial charge in [-0.1, -0.05) is 30.3 Å². The van der Waals surface area contributed by atoms with Crippen LogP contribution in [0.25, 0.3) is 0 Å². The third-order valence-electron chi connectivity index (χ3n) is 2.85. The van der Waals surface area contributed by atoms with E-state index in [9.17, 15) is 4.79 Å². The van der Waals surface area contributed by atoms with E-state index in [-0.39, 0.29) is 19.0 Å². The highest BCUT2D eigenvalue weighted by Gasteiger charge is 2.13. The molecular weight excluding hydrogens is 286 g/mol. The molecule has 2 aromatic rings. The number of rotatable bonds is 5. The Bertz CT molecular complexity index is 628. The van der Waals surface area contributed by atoms with E-state index in [2.05, 4.69) is 4.98 Å². The third kappa shape index (κ3) is 4.36. The monoisotopic (exact) mass is 301 g/mol. The van der Waals surface area contributed by atoms with Gasteiger partial charge >= 0.3 is 5.97 Å². The topological polar surface area (TPSA) is 48.4 Å². The first-order valence-electron chi connectivity index (χ1n) is 6.42. The van der Waals surface area contributed by atoms with Gasteiger partial charge in [0.1, 0.15) is 6.61 Å². The molecule has 0 saturated carbocycles. The van der Waals surface area contributed by atoms with E-state index in [4.69, 9.17) is 21.7 Å². The molecule has 0 aliphatic rings. The zero-order valence-corrected chi connectivity index (χ0v) is 12.4. The third-order valence-corrected chi connectivity index (χ3v) is 3.24. The molecule has 1 aromatic heterocycles. The molecule has 0 fully saturated rings. The van der Waals surface area contributed by atoms with Crippen molar-refractivity contribution in [3.05, 3.63) is 65.5 Å². The summed E-state index contributed by atoms with van der Waals surface area (Å²) in [5.74, 6) is -0.349. The Kier molecular flexibility index (Phi) is 5.40. The summed E-state index contributed by atoms with van der Waals surface area (Å²) in [7, 11) is 1.49. The quantitative estimate of drug-likeness (QED) is 0.628. The van der Waals surface area contributed by atoms with Crippen LogP contribution in [-0.4, -0.2) is 23.1 Å². The van der Waals surface area contributed by atoms with Gasteiger partial charge in [0.05, 0.1) is 24.8 Å². The Hall–Kier alpha value is -2.27. The predicted octanol–water partition coefficient (Wildman–Crippen LogP) is 2.69. The fraction of sp³-hybridized carbons (Fsp3) is 0.188. The number of hydrogen-bond acceptors (Lipinski definition) is 5. The van der Waals surface area contributed by atoms with Crippen molar-refractivity contribution in [1.29, 1.82) is 0 Å². The van der Waals surface area contributed by atoms with Crippen LogP contribution in [0.2, 0.25) is 0 Å². The summed E-state index contributed by atoms with van der Waals surface area (Å²) in [6.07, 6.45) is 1.67. The van der Waals surface area contributed by atoms with E-state index in [1.807, 2.05) is 30.3 Å². The van der Waals surface area contributed by atoms with Crippen LogP contribution in [0.3, 0.4) is 0 Å². The van der Waals surface area contributed by atoms with E-state index in [1.54, 1.807) is 18.3 Å². The molecule has 2 rings (SSSR count). The largest absolute Gasteiger partial charge is 0.486 e. The first-order chi connectivity index (χ1) is 10.2. The molecule has 0 aliphatic heterocycles. The van der Waals surface area contributed by atoms with Gasteiger partial charge in [0, 0.05) is 6.20 Å². The number of esters is 1. The Balaban J connectivity index is 1.98. The number of nitrogens with zero attached hydrogens (tertiary/aromatic N) is 1. The number of ether oxygens (including phenoxy) is 2. The zero-order chi connectivity index (χ0) is 15.1. The van der Waals surface area contributed by atoms with Gasteiger partial charge in [-0.2, -0.15) is 0 Å². The maximum absolute atomic E-state index is 11.9. The molecule has 4 nitrogen and oxygen atoms in total. The summed E-state index contributed by atoms with van der Waals surface area (Å²) in [6.45, 7) is 0.247. The van der Waals surface area contributed by atoms with Crippen molar-refractivity contribution in [3.63, 3.8) is 0 Å². The minimum atomic E-state index is -0.349. The molecule has 21 heavy (non-hydrogen) atoms. The van der Waals surface area contributed by atoms with Crippen molar-refractivity contribution in [2.45, 2.75) is 13.0 Å². The Morgan fingerprint density at radius 3 is 2.67 bits per heavy atom. The smallest absolute Gasteiger partial charge is 0.312 e. The predicted molar refractivity (Wildman–Crippen MR) is 82.9 cm³/mol. The number of thiocarbonyl (C=S) groups is 1. The lowest BCUT2D eigenvalue weighted by molar-refractivity contribution is -0.144. The molecule has 0 bridgehead atoms. The van der Waals surface area contributed by atoms with E-state index >= 15 is 0 Å². The Labute approximate surface area is 128 Å². The SMILES string of the molecule is COC(=S)c1cccnc1CC(=O)OCc1ccccc1. The lowest BCUT2D eigenvalue weighted by Crippen LogP contribution is -2.13. The maximum atomic E-state index is 11.9. The van der Waals surface area contributed by atoms with Crippen molar-refractivity contribution >= 4 is 23.2 Å². The van der Waals surface area contributed by atoms with Crippen LogP contribution in [0, 0.1) is 0 Å². The van der Waals surface area contributed by atoms with Gasteiger partial charge < -0.3 is 9.47 Å². The number of methoxy groups -OCH3 is 1. The lowest BCUT2D eigenvalue weighted by Gasteiger charge is -2.09. The molecular formula is C16H15NO3S. The molecule has 108 valence electrons. The molecule has 0 spiro atoms. The van der Waals surface area contributed by atoms with Crippen molar-refractivity contribution in [2.75, 3.05) is 7.11 Å². The van der Waals surface area contributed by atoms with Crippen molar-refractivity contribution in [1.82, 2.24) is 4.98 Å². The highest BCUT2D eigenvalue weighted by atomic mass is 32.1. The summed E-state index contributed by atoms with van der Waals surface area (Å²) in [6, 6.07) is 13.0. The summed E-state index contributed by atoms with van der Waals surface area (Å²) in [5.41, 5.74) is 2.15. The van der Waals surface area contributed by atoms with Gasteiger partial charge in [-0.3, -0.25) is 9.78 Å². The van der Waals surface area contributed by atoms with Gasteiger partial charge in [0.2, 0.25) is 0 Å². The molecule has 0 aliphatic carbocycles. The molecule has 0 atom stereocenters. The van der Waals surface area contributed by atoms with Gasteiger partial charge in [-0.05, 0) is 29.9 Å². The van der Waals surface area contributed by atoms with Gasteiger partial charge in [-0.15, -0.1) is 0 Å². The molecule has 1 aromatic carbocycles. The van der Waals surface area contributed by atoms with Crippen LogP contribution >= 0.6 is 12.2 Å². The number of carbonyl (C=O) groups is 1. The zero-order valence-electron chi connectivity index (χ0n) is 11.6. The van der Waals surface area contributed by atoms with Crippen molar-refractivity contribution in [3.8, 4) is 0 Å². The fourth-order valence-electron chi connectivity index (χ4n) is 1.80. The first kappa shape index (κ1) is 15.1. The minimum absolute atomic E-state index is 0.0620. The van der Waals surface area contributed by atoms with E-state index in [0.29, 0.717) is 16.3 Å². The molecule has 0 N–H and O–H groups in total. The van der Waals surface area contributed by atoms with E-state index in [0.717, 1.165) is 5.56 Å². The van der Waals surface area contributed by atoms with Crippen LogP contribution < -0.4 is 0 Å². The fourth-order valence-corrected chi connectivity index (χ4v) is 1.99. The maximum Gasteiger partial charge on any atom is 0.312 e. The average molecular weight is 301 g/mol. The summed E-state index contributed by atoms with van der Waals surface area (Å²) < 4.78 is 10.3. The second-order valence-corrected chi connectivity index (χ2v) is 4.68. The normalized spacial score (nSPS) is 9.95. The highest BCUT2D eigenvalue weighted by Crippen LogP contribution is 2.10. The van der Waals surface area contributed by atoms with Crippen LogP contribution in [0.1, 0.15) is 16.8 Å². The molecule has 0 radical (unpaired) electrons. The van der Waals surface area contributed by atoms with Gasteiger partial charge in [0.25, 0.3) is 0 Å². The number of carbonyl (C=O) groups excluding carboxylic acids is 1. The molecule has 0 saturated heterocycles. The molecule has 0 unspecified atom stereocenters. The van der Waals surface area contributed by atoms with Crippen LogP contribution in [-0.2, 0) is 27.3 Å². The first-order valence-corrected chi connectivity index (χ1v) is 6.83. The number of benzene rings is 1. The Morgan fingerprint density at radius 1 is 1.19 bits per heavy atom. The summed E-state index contributed by atoms with van der Waals surface area (Å²) >= 11 is 5.09. The van der Waals surface area contributed by atoms with Crippen molar-refractivity contribution in [2.24, 2.45) is 0 Å². The van der Waals surface area contributed by atoms with E-state index < -0.39 is 0 Å². The lowest BCUT2D eigenvalue weighted by atomic mass is 10.1. The van der Waals surface area contributed by atoms with Crippen LogP contribution in [0.5, 0.6) is 0 Å². The second kappa shape index (κ2) is 7.50. The number of pyridine rings is 1. The molecule has 1 heterocycles. The minimum Gasteiger partial charge on any atom is -0.486 e. The van der Waals surface area contributed by atoms with Crippen LogP contribution in [0.4, 0.5) is 0 Å². The average Bonchev–Trinajstić information content (AvgIpc) is 2.54. The molecule has 0 amide bonds. The summed E-state index contributed by atoms with van der Waals surface area (Å²) in [5, 5.41) is 0.314. The molecule has 5 heteroatoms. The van der Waals surface area contributed by atoms with Crippen LogP contribution in [0.15, 0.2) is 48.7 Å². The van der Waals surface area contributed by atoms with Crippen molar-refractivity contribution < 1.29 is 14.3 Å². The second-order valence-electron chi connectivity index (χ2n) is 4.31.